The summed E-state index contributed by atoms with van der Waals surface area (Å²) < 4.78 is 10.8. The molecule has 23 heavy (non-hydrogen) atoms. The third-order valence-corrected chi connectivity index (χ3v) is 5.03. The van der Waals surface area contributed by atoms with Gasteiger partial charge in [-0.15, -0.1) is 0 Å². The molecule has 0 saturated carbocycles. The van der Waals surface area contributed by atoms with Crippen LogP contribution < -0.4 is 14.8 Å². The number of carbonyl (C=O) groups excluding carboxylic acids is 2. The van der Waals surface area contributed by atoms with Crippen LogP contribution in [0.5, 0.6) is 11.5 Å². The number of piperidine rings is 1. The van der Waals surface area contributed by atoms with E-state index >= 15 is 0 Å². The molecule has 3 heterocycles. The Hall–Kier alpha value is -2.28. The summed E-state index contributed by atoms with van der Waals surface area (Å²) in [6, 6.07) is 5.57. The van der Waals surface area contributed by atoms with Gasteiger partial charge < -0.3 is 14.4 Å². The van der Waals surface area contributed by atoms with Crippen LogP contribution in [0, 0.1) is 5.92 Å². The van der Waals surface area contributed by atoms with Gasteiger partial charge in [0.25, 0.3) is 0 Å². The number of hydrogen-bond donors (Lipinski definition) is 1. The van der Waals surface area contributed by atoms with Gasteiger partial charge in [0.2, 0.25) is 12.7 Å². The zero-order chi connectivity index (χ0) is 16.1. The van der Waals surface area contributed by atoms with Gasteiger partial charge in [-0.3, -0.25) is 15.0 Å². The number of rotatable bonds is 1. The fraction of sp³-hybridized carbons (Fsp3) is 0.500. The maximum atomic E-state index is 12.7. The highest BCUT2D eigenvalue weighted by Gasteiger charge is 2.49. The van der Waals surface area contributed by atoms with Gasteiger partial charge in [-0.25, -0.2) is 4.79 Å². The van der Waals surface area contributed by atoms with Crippen molar-refractivity contribution >= 4 is 11.9 Å². The molecule has 0 aliphatic carbocycles. The number of urea groups is 1. The number of ether oxygens (including phenoxy) is 2. The lowest BCUT2D eigenvalue weighted by molar-refractivity contribution is -0.140. The summed E-state index contributed by atoms with van der Waals surface area (Å²) >= 11 is 0. The monoisotopic (exact) mass is 317 g/mol. The van der Waals surface area contributed by atoms with Crippen LogP contribution in [0.3, 0.4) is 0 Å². The van der Waals surface area contributed by atoms with Crippen molar-refractivity contribution in [2.24, 2.45) is 5.92 Å². The Kier molecular flexibility index (Phi) is 3.19. The second-order valence-corrected chi connectivity index (χ2v) is 6.22. The molecule has 0 aromatic heterocycles. The number of nitrogens with zero attached hydrogens (tertiary/aromatic N) is 2. The number of benzene rings is 1. The Morgan fingerprint density at radius 3 is 2.78 bits per heavy atom. The molecule has 0 radical (unpaired) electrons. The molecule has 3 aliphatic rings. The van der Waals surface area contributed by atoms with Gasteiger partial charge in [0, 0.05) is 20.0 Å². The van der Waals surface area contributed by atoms with E-state index in [0.29, 0.717) is 0 Å². The average Bonchev–Trinajstić information content (AvgIpc) is 3.05. The van der Waals surface area contributed by atoms with E-state index in [1.165, 1.54) is 4.90 Å². The first kappa shape index (κ1) is 14.3. The largest absolute Gasteiger partial charge is 0.454 e. The topological polar surface area (TPSA) is 71.1 Å². The smallest absolute Gasteiger partial charge is 0.327 e. The van der Waals surface area contributed by atoms with E-state index in [0.717, 1.165) is 30.0 Å². The van der Waals surface area contributed by atoms with Crippen molar-refractivity contribution in [3.8, 4) is 11.5 Å². The third-order valence-electron chi connectivity index (χ3n) is 5.03. The molecule has 0 spiro atoms. The van der Waals surface area contributed by atoms with E-state index in [1.807, 2.05) is 18.2 Å². The van der Waals surface area contributed by atoms with Crippen LogP contribution in [0.1, 0.15) is 17.9 Å². The summed E-state index contributed by atoms with van der Waals surface area (Å²) in [5.41, 5.74) is 1.05. The fourth-order valence-electron chi connectivity index (χ4n) is 3.79. The van der Waals surface area contributed by atoms with Crippen LogP contribution in [0.4, 0.5) is 4.79 Å². The summed E-state index contributed by atoms with van der Waals surface area (Å²) in [7, 11) is 3.28. The van der Waals surface area contributed by atoms with E-state index in [4.69, 9.17) is 9.47 Å². The Labute approximate surface area is 134 Å². The Morgan fingerprint density at radius 1 is 1.17 bits per heavy atom. The van der Waals surface area contributed by atoms with E-state index in [1.54, 1.807) is 19.0 Å². The van der Waals surface area contributed by atoms with Crippen molar-refractivity contribution in [3.63, 3.8) is 0 Å². The Balaban J connectivity index is 1.71. The zero-order valence-corrected chi connectivity index (χ0v) is 13.1. The molecule has 122 valence electrons. The first-order chi connectivity index (χ1) is 11.1. The van der Waals surface area contributed by atoms with Gasteiger partial charge in [0.05, 0.1) is 12.1 Å². The number of nitrogens with one attached hydrogen (secondary N) is 1. The molecule has 7 nitrogen and oxygen atoms in total. The SMILES string of the molecule is CN1C(=O)C2C(c3ccc4c(c3)OCO4)CCNC2N(C)C1=O. The van der Waals surface area contributed by atoms with Crippen molar-refractivity contribution in [2.45, 2.75) is 18.5 Å². The number of carbonyl (C=O) groups is 2. The fourth-order valence-corrected chi connectivity index (χ4v) is 3.79. The van der Waals surface area contributed by atoms with Crippen molar-refractivity contribution in [1.82, 2.24) is 15.1 Å². The van der Waals surface area contributed by atoms with Gasteiger partial charge in [0.15, 0.2) is 11.5 Å². The first-order valence-corrected chi connectivity index (χ1v) is 7.75. The molecule has 1 N–H and O–H groups in total. The maximum Gasteiger partial charge on any atom is 0.327 e. The molecular weight excluding hydrogens is 298 g/mol. The van der Waals surface area contributed by atoms with Gasteiger partial charge in [-0.1, -0.05) is 6.07 Å². The van der Waals surface area contributed by atoms with Crippen molar-refractivity contribution in [2.75, 3.05) is 27.4 Å². The molecular formula is C16H19N3O4. The third kappa shape index (κ3) is 2.07. The quantitative estimate of drug-likeness (QED) is 0.835. The lowest BCUT2D eigenvalue weighted by atomic mass is 9.77. The number of amides is 3. The van der Waals surface area contributed by atoms with E-state index in [-0.39, 0.29) is 36.7 Å². The molecule has 0 bridgehead atoms. The summed E-state index contributed by atoms with van der Waals surface area (Å²) in [5.74, 6) is 1.07. The van der Waals surface area contributed by atoms with Crippen LogP contribution in [-0.2, 0) is 4.79 Å². The van der Waals surface area contributed by atoms with Crippen LogP contribution >= 0.6 is 0 Å². The predicted molar refractivity (Wildman–Crippen MR) is 81.1 cm³/mol. The van der Waals surface area contributed by atoms with Crippen molar-refractivity contribution in [1.29, 1.82) is 0 Å². The minimum Gasteiger partial charge on any atom is -0.454 e. The highest BCUT2D eigenvalue weighted by atomic mass is 16.7. The molecule has 1 aromatic rings. The minimum atomic E-state index is -0.295. The number of fused-ring (bicyclic) bond motifs is 2. The number of imide groups is 1. The second kappa shape index (κ2) is 5.13. The van der Waals surface area contributed by atoms with E-state index in [9.17, 15) is 9.59 Å². The molecule has 7 heteroatoms. The second-order valence-electron chi connectivity index (χ2n) is 6.22. The number of hydrogen-bond acceptors (Lipinski definition) is 5. The zero-order valence-electron chi connectivity index (χ0n) is 13.1. The van der Waals surface area contributed by atoms with Gasteiger partial charge >= 0.3 is 6.03 Å². The lowest BCUT2D eigenvalue weighted by Crippen LogP contribution is -2.66. The predicted octanol–water partition coefficient (Wildman–Crippen LogP) is 0.958. The van der Waals surface area contributed by atoms with Gasteiger partial charge in [-0.2, -0.15) is 0 Å². The molecule has 2 saturated heterocycles. The molecule has 3 aliphatic heterocycles. The summed E-state index contributed by atoms with van der Waals surface area (Å²) in [6.45, 7) is 0.991. The van der Waals surface area contributed by atoms with Crippen molar-refractivity contribution < 1.29 is 19.1 Å². The van der Waals surface area contributed by atoms with Crippen LogP contribution in [-0.4, -0.2) is 55.3 Å². The highest BCUT2D eigenvalue weighted by Crippen LogP contribution is 2.41. The van der Waals surface area contributed by atoms with Crippen molar-refractivity contribution in [3.05, 3.63) is 23.8 Å². The Morgan fingerprint density at radius 2 is 1.96 bits per heavy atom. The highest BCUT2D eigenvalue weighted by molar-refractivity contribution is 5.98. The van der Waals surface area contributed by atoms with E-state index < -0.39 is 0 Å². The van der Waals surface area contributed by atoms with Crippen LogP contribution in [0.25, 0.3) is 0 Å². The average molecular weight is 317 g/mol. The summed E-state index contributed by atoms with van der Waals surface area (Å²) in [6.07, 6.45) is 0.568. The minimum absolute atomic E-state index is 0.0428. The molecule has 3 amide bonds. The molecule has 3 unspecified atom stereocenters. The summed E-state index contributed by atoms with van der Waals surface area (Å²) in [5, 5.41) is 3.31. The molecule has 3 atom stereocenters. The first-order valence-electron chi connectivity index (χ1n) is 7.75. The van der Waals surface area contributed by atoms with Gasteiger partial charge in [0.1, 0.15) is 0 Å². The molecule has 1 aromatic carbocycles. The standard InChI is InChI=1S/C16H19N3O4/c1-18-14-13(15(20)19(2)16(18)21)10(5-6-17-14)9-3-4-11-12(7-9)23-8-22-11/h3-4,7,10,13-14,17H,5-6,8H2,1-2H3. The van der Waals surface area contributed by atoms with Crippen LogP contribution in [0.15, 0.2) is 18.2 Å². The maximum absolute atomic E-state index is 12.7. The summed E-state index contributed by atoms with van der Waals surface area (Å²) in [4.78, 5) is 27.7. The normalized spacial score (nSPS) is 29.7. The lowest BCUT2D eigenvalue weighted by Gasteiger charge is -2.47. The van der Waals surface area contributed by atoms with Crippen LogP contribution in [0.2, 0.25) is 0 Å². The molecule has 4 rings (SSSR count). The Bertz CT molecular complexity index is 677. The molecule has 2 fully saturated rings. The van der Waals surface area contributed by atoms with Gasteiger partial charge in [-0.05, 0) is 30.7 Å². The van der Waals surface area contributed by atoms with E-state index in [2.05, 4.69) is 5.32 Å².